The first-order chi connectivity index (χ1) is 9.04. The second-order valence-electron chi connectivity index (χ2n) is 4.89. The number of anilines is 1. The molecule has 2 amide bonds. The van der Waals surface area contributed by atoms with Crippen LogP contribution >= 0.6 is 11.3 Å². The highest BCUT2D eigenvalue weighted by Gasteiger charge is 2.26. The van der Waals surface area contributed by atoms with E-state index < -0.39 is 5.97 Å². The number of urea groups is 1. The first-order valence-corrected chi connectivity index (χ1v) is 7.14. The van der Waals surface area contributed by atoms with E-state index in [0.29, 0.717) is 17.6 Å². The van der Waals surface area contributed by atoms with Gasteiger partial charge in [0.15, 0.2) is 5.13 Å². The van der Waals surface area contributed by atoms with Crippen LogP contribution < -0.4 is 10.6 Å². The number of thiazole rings is 1. The molecule has 3 N–H and O–H groups in total. The fourth-order valence-electron chi connectivity index (χ4n) is 1.69. The zero-order chi connectivity index (χ0) is 13.8. The molecule has 1 heterocycles. The Balaban J connectivity index is 1.72. The highest BCUT2D eigenvalue weighted by molar-refractivity contribution is 7.13. The van der Waals surface area contributed by atoms with E-state index in [1.807, 2.05) is 5.38 Å². The van der Waals surface area contributed by atoms with Crippen molar-refractivity contribution in [2.45, 2.75) is 32.1 Å². The van der Waals surface area contributed by atoms with Crippen molar-refractivity contribution in [2.75, 3.05) is 11.9 Å². The Kier molecular flexibility index (Phi) is 4.36. The van der Waals surface area contributed by atoms with Crippen LogP contribution in [0.5, 0.6) is 0 Å². The molecular formula is C12H17N3O3S. The molecule has 0 spiro atoms. The van der Waals surface area contributed by atoms with Gasteiger partial charge in [0.25, 0.3) is 0 Å². The molecule has 0 aliphatic heterocycles. The van der Waals surface area contributed by atoms with E-state index in [1.54, 1.807) is 6.92 Å². The molecule has 1 fully saturated rings. The summed E-state index contributed by atoms with van der Waals surface area (Å²) in [5.74, 6) is -0.379. The number of amides is 2. The molecule has 1 saturated carbocycles. The summed E-state index contributed by atoms with van der Waals surface area (Å²) in [5, 5.41) is 16.5. The first kappa shape index (κ1) is 13.8. The normalized spacial score (nSPS) is 15.8. The molecule has 1 atom stereocenters. The summed E-state index contributed by atoms with van der Waals surface area (Å²) in [6.07, 6.45) is 2.41. The molecule has 0 saturated heterocycles. The Morgan fingerprint density at radius 1 is 1.58 bits per heavy atom. The summed E-state index contributed by atoms with van der Waals surface area (Å²) >= 11 is 1.41. The molecule has 19 heavy (non-hydrogen) atoms. The van der Waals surface area contributed by atoms with Gasteiger partial charge >= 0.3 is 12.0 Å². The Bertz CT molecular complexity index is 471. The van der Waals surface area contributed by atoms with Crippen LogP contribution in [0.25, 0.3) is 0 Å². The van der Waals surface area contributed by atoms with Crippen molar-refractivity contribution in [1.29, 1.82) is 0 Å². The molecule has 0 radical (unpaired) electrons. The van der Waals surface area contributed by atoms with Crippen LogP contribution in [0.15, 0.2) is 5.38 Å². The quantitative estimate of drug-likeness (QED) is 0.746. The summed E-state index contributed by atoms with van der Waals surface area (Å²) in [7, 11) is 0. The number of carbonyl (C=O) groups excluding carboxylic acids is 1. The van der Waals surface area contributed by atoms with E-state index >= 15 is 0 Å². The Labute approximate surface area is 115 Å². The number of hydrogen-bond acceptors (Lipinski definition) is 4. The smallest absolute Gasteiger partial charge is 0.321 e. The maximum Gasteiger partial charge on any atom is 0.321 e. The van der Waals surface area contributed by atoms with Gasteiger partial charge in [-0.15, -0.1) is 11.3 Å². The fraction of sp³-hybridized carbons (Fsp3) is 0.583. The van der Waals surface area contributed by atoms with E-state index in [-0.39, 0.29) is 18.4 Å². The minimum atomic E-state index is -0.858. The number of carbonyl (C=O) groups is 2. The number of carboxylic acid groups (broad SMARTS) is 1. The van der Waals surface area contributed by atoms with Gasteiger partial charge in [0.1, 0.15) is 0 Å². The maximum atomic E-state index is 11.6. The van der Waals surface area contributed by atoms with Crippen LogP contribution in [0, 0.1) is 5.92 Å². The standard InChI is InChI=1S/C12H17N3O3S/c1-7(4-10(16)17)5-13-11(18)15-12-14-9(6-19-12)8-2-3-8/h6-8H,2-5H2,1H3,(H,16,17)(H2,13,14,15,18). The van der Waals surface area contributed by atoms with Crippen molar-refractivity contribution >= 4 is 28.5 Å². The third kappa shape index (κ3) is 4.51. The number of nitrogens with one attached hydrogen (secondary N) is 2. The SMILES string of the molecule is CC(CNC(=O)Nc1nc(C2CC2)cs1)CC(=O)O. The van der Waals surface area contributed by atoms with Crippen LogP contribution in [0.1, 0.15) is 37.8 Å². The van der Waals surface area contributed by atoms with Crippen LogP contribution in [0.3, 0.4) is 0 Å². The number of nitrogens with zero attached hydrogens (tertiary/aromatic N) is 1. The molecule has 104 valence electrons. The van der Waals surface area contributed by atoms with Gasteiger partial charge in [-0.05, 0) is 18.8 Å². The average molecular weight is 283 g/mol. The van der Waals surface area contributed by atoms with Gasteiger partial charge in [-0.25, -0.2) is 9.78 Å². The molecular weight excluding hydrogens is 266 g/mol. The fourth-order valence-corrected chi connectivity index (χ4v) is 2.48. The molecule has 0 bridgehead atoms. The first-order valence-electron chi connectivity index (χ1n) is 6.26. The number of rotatable bonds is 6. The molecule has 6 nitrogen and oxygen atoms in total. The molecule has 0 aromatic carbocycles. The zero-order valence-corrected chi connectivity index (χ0v) is 11.5. The van der Waals surface area contributed by atoms with Crippen molar-refractivity contribution in [3.8, 4) is 0 Å². The van der Waals surface area contributed by atoms with Crippen LogP contribution in [-0.4, -0.2) is 28.6 Å². The minimum absolute atomic E-state index is 0.0450. The van der Waals surface area contributed by atoms with Gasteiger partial charge in [-0.3, -0.25) is 10.1 Å². The van der Waals surface area contributed by atoms with Gasteiger partial charge in [0, 0.05) is 24.3 Å². The van der Waals surface area contributed by atoms with E-state index in [1.165, 1.54) is 24.2 Å². The second-order valence-corrected chi connectivity index (χ2v) is 5.75. The largest absolute Gasteiger partial charge is 0.481 e. The maximum absolute atomic E-state index is 11.6. The monoisotopic (exact) mass is 283 g/mol. The number of aliphatic carboxylic acids is 1. The van der Waals surface area contributed by atoms with Crippen LogP contribution in [-0.2, 0) is 4.79 Å². The lowest BCUT2D eigenvalue weighted by atomic mass is 10.1. The van der Waals surface area contributed by atoms with Crippen molar-refractivity contribution in [1.82, 2.24) is 10.3 Å². The minimum Gasteiger partial charge on any atom is -0.481 e. The third-order valence-electron chi connectivity index (χ3n) is 2.87. The molecule has 1 aromatic rings. The molecule has 7 heteroatoms. The lowest BCUT2D eigenvalue weighted by Gasteiger charge is -2.10. The Morgan fingerprint density at radius 2 is 2.32 bits per heavy atom. The van der Waals surface area contributed by atoms with E-state index in [2.05, 4.69) is 15.6 Å². The number of aromatic nitrogens is 1. The molecule has 1 aliphatic rings. The summed E-state index contributed by atoms with van der Waals surface area (Å²) in [4.78, 5) is 26.4. The Hall–Kier alpha value is -1.63. The van der Waals surface area contributed by atoms with Gasteiger partial charge in [0.2, 0.25) is 0 Å². The van der Waals surface area contributed by atoms with Gasteiger partial charge in [-0.1, -0.05) is 6.92 Å². The Morgan fingerprint density at radius 3 is 2.95 bits per heavy atom. The molecule has 1 unspecified atom stereocenters. The van der Waals surface area contributed by atoms with E-state index in [0.717, 1.165) is 5.69 Å². The molecule has 1 aliphatic carbocycles. The highest BCUT2D eigenvalue weighted by Crippen LogP contribution is 2.40. The van der Waals surface area contributed by atoms with Crippen LogP contribution in [0.2, 0.25) is 0 Å². The van der Waals surface area contributed by atoms with Gasteiger partial charge in [0.05, 0.1) is 5.69 Å². The van der Waals surface area contributed by atoms with Crippen molar-refractivity contribution in [2.24, 2.45) is 5.92 Å². The molecule has 1 aromatic heterocycles. The lowest BCUT2D eigenvalue weighted by molar-refractivity contribution is -0.137. The van der Waals surface area contributed by atoms with E-state index in [9.17, 15) is 9.59 Å². The summed E-state index contributed by atoms with van der Waals surface area (Å²) < 4.78 is 0. The third-order valence-corrected chi connectivity index (χ3v) is 3.65. The van der Waals surface area contributed by atoms with E-state index in [4.69, 9.17) is 5.11 Å². The summed E-state index contributed by atoms with van der Waals surface area (Å²) in [6, 6.07) is -0.339. The number of hydrogen-bond donors (Lipinski definition) is 3. The topological polar surface area (TPSA) is 91.3 Å². The van der Waals surface area contributed by atoms with Crippen molar-refractivity contribution in [3.63, 3.8) is 0 Å². The summed E-state index contributed by atoms with van der Waals surface area (Å²) in [6.45, 7) is 2.11. The van der Waals surface area contributed by atoms with Crippen LogP contribution in [0.4, 0.5) is 9.93 Å². The number of carboxylic acids is 1. The van der Waals surface area contributed by atoms with Crippen molar-refractivity contribution < 1.29 is 14.7 Å². The van der Waals surface area contributed by atoms with Gasteiger partial charge < -0.3 is 10.4 Å². The highest BCUT2D eigenvalue weighted by atomic mass is 32.1. The predicted molar refractivity (Wildman–Crippen MR) is 72.5 cm³/mol. The predicted octanol–water partition coefficient (Wildman–Crippen LogP) is 2.25. The summed E-state index contributed by atoms with van der Waals surface area (Å²) in [5.41, 5.74) is 1.06. The lowest BCUT2D eigenvalue weighted by Crippen LogP contribution is -2.32. The van der Waals surface area contributed by atoms with Crippen molar-refractivity contribution in [3.05, 3.63) is 11.1 Å². The molecule has 2 rings (SSSR count). The second kappa shape index (κ2) is 6.01. The zero-order valence-electron chi connectivity index (χ0n) is 10.7. The van der Waals surface area contributed by atoms with Gasteiger partial charge in [-0.2, -0.15) is 0 Å². The average Bonchev–Trinajstić information content (AvgIpc) is 3.07.